The summed E-state index contributed by atoms with van der Waals surface area (Å²) in [6.45, 7) is 0.843. The zero-order chi connectivity index (χ0) is 13.5. The average Bonchev–Trinajstić information content (AvgIpc) is 2.44. The van der Waals surface area contributed by atoms with E-state index in [0.717, 1.165) is 24.7 Å². The van der Waals surface area contributed by atoms with E-state index in [-0.39, 0.29) is 5.84 Å². The molecule has 1 saturated carbocycles. The number of nitrogens with one attached hydrogen (secondary N) is 1. The van der Waals surface area contributed by atoms with Crippen LogP contribution in [0.3, 0.4) is 0 Å². The van der Waals surface area contributed by atoms with Gasteiger partial charge in [0.15, 0.2) is 0 Å². The molecule has 0 unspecified atom stereocenters. The molecule has 0 atom stereocenters. The van der Waals surface area contributed by atoms with E-state index in [1.807, 2.05) is 12.1 Å². The van der Waals surface area contributed by atoms with Crippen molar-refractivity contribution >= 4 is 5.84 Å². The lowest BCUT2D eigenvalue weighted by atomic mass is 9.90. The van der Waals surface area contributed by atoms with Crippen molar-refractivity contribution in [3.63, 3.8) is 0 Å². The number of nitrogens with two attached hydrogens (primary N) is 1. The maximum Gasteiger partial charge on any atom is 0.119 e. The highest BCUT2D eigenvalue weighted by molar-refractivity contribution is 5.77. The molecule has 2 rings (SSSR count). The first-order chi connectivity index (χ1) is 9.24. The zero-order valence-electron chi connectivity index (χ0n) is 11.5. The molecule has 1 aromatic rings. The average molecular weight is 260 g/mol. The standard InChI is InChI=1S/C16H24N2O/c17-16(18)10-9-13-7-4-8-15(11-13)19-12-14-5-2-1-3-6-14/h4,7-8,11,14H,1-3,5-6,9-10,12H2,(H3,17,18). The van der Waals surface area contributed by atoms with Gasteiger partial charge in [-0.3, -0.25) is 5.41 Å². The van der Waals surface area contributed by atoms with E-state index in [2.05, 4.69) is 12.1 Å². The number of benzene rings is 1. The van der Waals surface area contributed by atoms with Gasteiger partial charge in [0.05, 0.1) is 12.4 Å². The fraction of sp³-hybridized carbons (Fsp3) is 0.562. The lowest BCUT2D eigenvalue weighted by Crippen LogP contribution is -2.15. The van der Waals surface area contributed by atoms with Gasteiger partial charge in [-0.2, -0.15) is 0 Å². The molecule has 0 saturated heterocycles. The van der Waals surface area contributed by atoms with Gasteiger partial charge in [-0.15, -0.1) is 0 Å². The lowest BCUT2D eigenvalue weighted by Gasteiger charge is -2.21. The summed E-state index contributed by atoms with van der Waals surface area (Å²) in [7, 11) is 0. The summed E-state index contributed by atoms with van der Waals surface area (Å²) >= 11 is 0. The molecule has 0 aromatic heterocycles. The largest absolute Gasteiger partial charge is 0.493 e. The van der Waals surface area contributed by atoms with E-state index in [1.54, 1.807) is 0 Å². The summed E-state index contributed by atoms with van der Waals surface area (Å²) in [6.07, 6.45) is 8.15. The minimum absolute atomic E-state index is 0.244. The number of amidine groups is 1. The summed E-state index contributed by atoms with van der Waals surface area (Å²) < 4.78 is 5.91. The molecular weight excluding hydrogens is 236 g/mol. The molecule has 1 aliphatic rings. The molecule has 0 radical (unpaired) electrons. The van der Waals surface area contributed by atoms with Crippen molar-refractivity contribution in [3.8, 4) is 5.75 Å². The monoisotopic (exact) mass is 260 g/mol. The molecule has 0 aliphatic heterocycles. The normalized spacial score (nSPS) is 16.2. The minimum atomic E-state index is 0.244. The van der Waals surface area contributed by atoms with Gasteiger partial charge in [-0.05, 0) is 42.9 Å². The van der Waals surface area contributed by atoms with Crippen molar-refractivity contribution in [2.45, 2.75) is 44.9 Å². The SMILES string of the molecule is N=C(N)CCc1cccc(OCC2CCCCC2)c1. The predicted molar refractivity (Wildman–Crippen MR) is 78.7 cm³/mol. The highest BCUT2D eigenvalue weighted by atomic mass is 16.5. The van der Waals surface area contributed by atoms with Crippen molar-refractivity contribution in [3.05, 3.63) is 29.8 Å². The molecule has 1 fully saturated rings. The Kier molecular flexibility index (Phi) is 5.25. The van der Waals surface area contributed by atoms with E-state index in [1.165, 1.54) is 37.7 Å². The molecule has 1 aromatic carbocycles. The fourth-order valence-electron chi connectivity index (χ4n) is 2.64. The maximum atomic E-state index is 7.26. The third-order valence-electron chi connectivity index (χ3n) is 3.79. The Labute approximate surface area is 115 Å². The third-order valence-corrected chi connectivity index (χ3v) is 3.79. The molecule has 0 spiro atoms. The molecule has 0 heterocycles. The van der Waals surface area contributed by atoms with Crippen LogP contribution in [0.2, 0.25) is 0 Å². The van der Waals surface area contributed by atoms with Crippen LogP contribution in [0.25, 0.3) is 0 Å². The summed E-state index contributed by atoms with van der Waals surface area (Å²) in [6, 6.07) is 8.17. The van der Waals surface area contributed by atoms with E-state index in [0.29, 0.717) is 6.42 Å². The van der Waals surface area contributed by atoms with Gasteiger partial charge in [0.25, 0.3) is 0 Å². The van der Waals surface area contributed by atoms with Crippen molar-refractivity contribution < 1.29 is 4.74 Å². The van der Waals surface area contributed by atoms with Crippen LogP contribution >= 0.6 is 0 Å². The first-order valence-corrected chi connectivity index (χ1v) is 7.28. The second-order valence-corrected chi connectivity index (χ2v) is 5.49. The zero-order valence-corrected chi connectivity index (χ0v) is 11.5. The molecule has 1 aliphatic carbocycles. The fourth-order valence-corrected chi connectivity index (χ4v) is 2.64. The second-order valence-electron chi connectivity index (χ2n) is 5.49. The van der Waals surface area contributed by atoms with Crippen LogP contribution in [0.5, 0.6) is 5.75 Å². The van der Waals surface area contributed by atoms with Crippen LogP contribution in [0, 0.1) is 11.3 Å². The Bertz CT molecular complexity index is 411. The van der Waals surface area contributed by atoms with E-state index in [4.69, 9.17) is 15.9 Å². The van der Waals surface area contributed by atoms with Gasteiger partial charge >= 0.3 is 0 Å². The Morgan fingerprint density at radius 3 is 2.79 bits per heavy atom. The van der Waals surface area contributed by atoms with E-state index in [9.17, 15) is 0 Å². The summed E-state index contributed by atoms with van der Waals surface area (Å²) in [5.74, 6) is 1.93. The predicted octanol–water partition coefficient (Wildman–Crippen LogP) is 3.51. The molecule has 19 heavy (non-hydrogen) atoms. The van der Waals surface area contributed by atoms with E-state index >= 15 is 0 Å². The highest BCUT2D eigenvalue weighted by Crippen LogP contribution is 2.25. The van der Waals surface area contributed by atoms with Crippen LogP contribution in [0.4, 0.5) is 0 Å². The molecule has 3 nitrogen and oxygen atoms in total. The summed E-state index contributed by atoms with van der Waals surface area (Å²) in [4.78, 5) is 0. The molecule has 104 valence electrons. The van der Waals surface area contributed by atoms with Crippen molar-refractivity contribution in [1.29, 1.82) is 5.41 Å². The van der Waals surface area contributed by atoms with Gasteiger partial charge in [-0.25, -0.2) is 0 Å². The van der Waals surface area contributed by atoms with E-state index < -0.39 is 0 Å². The van der Waals surface area contributed by atoms with Gasteiger partial charge in [-0.1, -0.05) is 31.4 Å². The minimum Gasteiger partial charge on any atom is -0.493 e. The molecule has 0 amide bonds. The molecule has 3 heteroatoms. The van der Waals surface area contributed by atoms with Gasteiger partial charge < -0.3 is 10.5 Å². The smallest absolute Gasteiger partial charge is 0.119 e. The maximum absolute atomic E-state index is 7.26. The van der Waals surface area contributed by atoms with Crippen molar-refractivity contribution in [1.82, 2.24) is 0 Å². The van der Waals surface area contributed by atoms with Gasteiger partial charge in [0.1, 0.15) is 5.75 Å². The van der Waals surface area contributed by atoms with Crippen LogP contribution < -0.4 is 10.5 Å². The molecule has 3 N–H and O–H groups in total. The summed E-state index contributed by atoms with van der Waals surface area (Å²) in [5, 5.41) is 7.26. The quantitative estimate of drug-likeness (QED) is 0.607. The Morgan fingerprint density at radius 1 is 1.26 bits per heavy atom. The first kappa shape index (κ1) is 13.9. The van der Waals surface area contributed by atoms with Crippen molar-refractivity contribution in [2.24, 2.45) is 11.7 Å². The highest BCUT2D eigenvalue weighted by Gasteiger charge is 2.13. The topological polar surface area (TPSA) is 59.1 Å². The van der Waals surface area contributed by atoms with Crippen LogP contribution in [-0.2, 0) is 6.42 Å². The Morgan fingerprint density at radius 2 is 2.05 bits per heavy atom. The molecular formula is C16H24N2O. The van der Waals surface area contributed by atoms with Crippen LogP contribution in [-0.4, -0.2) is 12.4 Å². The molecule has 0 bridgehead atoms. The van der Waals surface area contributed by atoms with Crippen LogP contribution in [0.1, 0.15) is 44.1 Å². The number of aryl methyl sites for hydroxylation is 1. The van der Waals surface area contributed by atoms with Crippen LogP contribution in [0.15, 0.2) is 24.3 Å². The number of hydrogen-bond acceptors (Lipinski definition) is 2. The van der Waals surface area contributed by atoms with Crippen molar-refractivity contribution in [2.75, 3.05) is 6.61 Å². The van der Waals surface area contributed by atoms with Gasteiger partial charge in [0.2, 0.25) is 0 Å². The lowest BCUT2D eigenvalue weighted by molar-refractivity contribution is 0.208. The third kappa shape index (κ3) is 4.93. The number of rotatable bonds is 6. The second kappa shape index (κ2) is 7.17. The number of hydrogen-bond donors (Lipinski definition) is 2. The number of ether oxygens (including phenoxy) is 1. The Balaban J connectivity index is 1.82. The summed E-state index contributed by atoms with van der Waals surface area (Å²) in [5.41, 5.74) is 6.58. The van der Waals surface area contributed by atoms with Gasteiger partial charge in [0, 0.05) is 6.42 Å². The Hall–Kier alpha value is -1.51. The first-order valence-electron chi connectivity index (χ1n) is 7.28.